The molecule has 0 aromatic rings. The highest BCUT2D eigenvalue weighted by molar-refractivity contribution is 7.47. The van der Waals surface area contributed by atoms with E-state index in [4.69, 9.17) is 37.0 Å². The molecule has 0 heterocycles. The third kappa shape index (κ3) is 70.2. The van der Waals surface area contributed by atoms with Gasteiger partial charge in [0.2, 0.25) is 0 Å². The van der Waals surface area contributed by atoms with Crippen molar-refractivity contribution in [2.75, 3.05) is 39.6 Å². The predicted octanol–water partition coefficient (Wildman–Crippen LogP) is 23.7. The molecule has 0 spiro atoms. The molecule has 17 nitrogen and oxygen atoms in total. The number of hydrogen-bond acceptors (Lipinski definition) is 15. The van der Waals surface area contributed by atoms with E-state index in [2.05, 4.69) is 48.5 Å². The van der Waals surface area contributed by atoms with Crippen LogP contribution >= 0.6 is 15.6 Å². The molecule has 0 aliphatic rings. The summed E-state index contributed by atoms with van der Waals surface area (Å²) in [6, 6.07) is 0. The molecule has 0 aromatic carbocycles. The number of ether oxygens (including phenoxy) is 4. The summed E-state index contributed by atoms with van der Waals surface area (Å²) in [7, 11) is -9.92. The average molecular weight is 1450 g/mol. The first kappa shape index (κ1) is 97.1. The van der Waals surface area contributed by atoms with E-state index in [-0.39, 0.29) is 25.7 Å². The molecule has 19 heteroatoms. The molecule has 3 N–H and O–H groups in total. The van der Waals surface area contributed by atoms with Crippen molar-refractivity contribution in [3.63, 3.8) is 0 Å². The van der Waals surface area contributed by atoms with Gasteiger partial charge in [-0.15, -0.1) is 0 Å². The lowest BCUT2D eigenvalue weighted by Gasteiger charge is -2.21. The van der Waals surface area contributed by atoms with E-state index < -0.39 is 97.5 Å². The van der Waals surface area contributed by atoms with Crippen LogP contribution in [0.25, 0.3) is 0 Å². The minimum Gasteiger partial charge on any atom is -0.462 e. The van der Waals surface area contributed by atoms with Crippen molar-refractivity contribution in [3.05, 3.63) is 0 Å². The lowest BCUT2D eigenvalue weighted by atomic mass is 9.99. The number of carbonyl (C=O) groups excluding carboxylic acids is 4. The maximum absolute atomic E-state index is 13.1. The highest BCUT2D eigenvalue weighted by Gasteiger charge is 2.30. The number of aliphatic hydroxyl groups excluding tert-OH is 1. The van der Waals surface area contributed by atoms with Gasteiger partial charge in [-0.1, -0.05) is 363 Å². The zero-order chi connectivity index (χ0) is 73.0. The molecule has 8 atom stereocenters. The Morgan fingerprint density at radius 3 is 0.717 bits per heavy atom. The highest BCUT2D eigenvalue weighted by Crippen LogP contribution is 2.45. The quantitative estimate of drug-likeness (QED) is 0.0222. The van der Waals surface area contributed by atoms with Gasteiger partial charge in [0, 0.05) is 25.7 Å². The van der Waals surface area contributed by atoms with Crippen molar-refractivity contribution < 1.29 is 80.2 Å². The smallest absolute Gasteiger partial charge is 0.462 e. The zero-order valence-electron chi connectivity index (χ0n) is 65.0. The van der Waals surface area contributed by atoms with Crippen LogP contribution < -0.4 is 0 Å². The minimum atomic E-state index is -4.96. The maximum atomic E-state index is 13.1. The fraction of sp³-hybridized carbons (Fsp3) is 0.950. The third-order valence-electron chi connectivity index (χ3n) is 19.7. The topological polar surface area (TPSA) is 237 Å². The SMILES string of the molecule is CCCCCCCCCCCCCCCC(=O)OC[C@H](COP(=O)(O)OC[C@@H](O)COP(=O)(O)OC[C@@H](COC(=O)CCCCCCCCCCC(C)CC)OC(=O)CCCCCCCCCCC(C)CC)OC(=O)CCCCCCCCCCCCCCCCCCCCC(C)CC. The van der Waals surface area contributed by atoms with Gasteiger partial charge in [0.05, 0.1) is 26.4 Å². The third-order valence-corrected chi connectivity index (χ3v) is 21.6. The van der Waals surface area contributed by atoms with E-state index in [1.54, 1.807) is 0 Å². The van der Waals surface area contributed by atoms with Crippen LogP contribution in [0.15, 0.2) is 0 Å². The molecule has 0 fully saturated rings. The van der Waals surface area contributed by atoms with Gasteiger partial charge in [0.25, 0.3) is 0 Å². The van der Waals surface area contributed by atoms with Crippen LogP contribution in [-0.2, 0) is 65.4 Å². The number of phosphoric acid groups is 2. The molecule has 0 rings (SSSR count). The van der Waals surface area contributed by atoms with Crippen molar-refractivity contribution in [2.45, 2.75) is 433 Å². The number of phosphoric ester groups is 2. The lowest BCUT2D eigenvalue weighted by Crippen LogP contribution is -2.30. The molecule has 0 bridgehead atoms. The van der Waals surface area contributed by atoms with E-state index in [1.807, 2.05) is 0 Å². The number of aliphatic hydroxyl groups is 1. The number of unbranched alkanes of at least 4 members (excludes halogenated alkanes) is 43. The van der Waals surface area contributed by atoms with E-state index in [0.29, 0.717) is 25.7 Å². The Morgan fingerprint density at radius 1 is 0.283 bits per heavy atom. The first-order valence-electron chi connectivity index (χ1n) is 41.5. The van der Waals surface area contributed by atoms with Gasteiger partial charge in [-0.3, -0.25) is 37.3 Å². The number of rotatable bonds is 78. The summed E-state index contributed by atoms with van der Waals surface area (Å²) in [6.07, 6.45) is 58.1. The maximum Gasteiger partial charge on any atom is 0.472 e. The molecular weight excluding hydrogens is 1290 g/mol. The summed E-state index contributed by atoms with van der Waals surface area (Å²) >= 11 is 0. The normalized spacial score (nSPS) is 14.8. The van der Waals surface area contributed by atoms with E-state index in [1.165, 1.54) is 225 Å². The summed E-state index contributed by atoms with van der Waals surface area (Å²) in [5.74, 6) is 0.304. The molecule has 0 radical (unpaired) electrons. The van der Waals surface area contributed by atoms with E-state index >= 15 is 0 Å². The Hall–Kier alpha value is -1.94. The molecule has 0 aliphatic carbocycles. The molecule has 0 saturated heterocycles. The summed E-state index contributed by atoms with van der Waals surface area (Å²) in [5, 5.41) is 10.6. The summed E-state index contributed by atoms with van der Waals surface area (Å²) in [6.45, 7) is 12.0. The largest absolute Gasteiger partial charge is 0.472 e. The Bertz CT molecular complexity index is 1930. The van der Waals surface area contributed by atoms with Crippen LogP contribution in [0.2, 0.25) is 0 Å². The number of carbonyl (C=O) groups is 4. The average Bonchev–Trinajstić information content (AvgIpc) is 0.977. The molecular formula is C80H156O17P2. The van der Waals surface area contributed by atoms with Gasteiger partial charge in [-0.25, -0.2) is 9.13 Å². The van der Waals surface area contributed by atoms with Crippen LogP contribution in [0, 0.1) is 17.8 Å². The molecule has 0 aromatic heterocycles. The Kier molecular flexibility index (Phi) is 69.0. The highest BCUT2D eigenvalue weighted by atomic mass is 31.2. The molecule has 99 heavy (non-hydrogen) atoms. The van der Waals surface area contributed by atoms with Gasteiger partial charge >= 0.3 is 39.5 Å². The Labute approximate surface area is 607 Å². The Morgan fingerprint density at radius 2 is 0.485 bits per heavy atom. The molecule has 588 valence electrons. The molecule has 0 saturated carbocycles. The summed E-state index contributed by atoms with van der Waals surface area (Å²) in [4.78, 5) is 73.0. The predicted molar refractivity (Wildman–Crippen MR) is 405 cm³/mol. The van der Waals surface area contributed by atoms with Crippen molar-refractivity contribution in [1.82, 2.24) is 0 Å². The molecule has 0 amide bonds. The second-order valence-electron chi connectivity index (χ2n) is 29.5. The van der Waals surface area contributed by atoms with Gasteiger partial charge in [0.15, 0.2) is 12.2 Å². The van der Waals surface area contributed by atoms with Crippen LogP contribution in [0.1, 0.15) is 414 Å². The number of esters is 4. The van der Waals surface area contributed by atoms with Gasteiger partial charge in [0.1, 0.15) is 19.3 Å². The second kappa shape index (κ2) is 70.4. The lowest BCUT2D eigenvalue weighted by molar-refractivity contribution is -0.161. The fourth-order valence-corrected chi connectivity index (χ4v) is 13.8. The zero-order valence-corrected chi connectivity index (χ0v) is 66.8. The van der Waals surface area contributed by atoms with Crippen LogP contribution in [-0.4, -0.2) is 96.7 Å². The number of hydrogen-bond donors (Lipinski definition) is 3. The first-order valence-corrected chi connectivity index (χ1v) is 44.5. The minimum absolute atomic E-state index is 0.105. The van der Waals surface area contributed by atoms with Crippen molar-refractivity contribution in [3.8, 4) is 0 Å². The van der Waals surface area contributed by atoms with Gasteiger partial charge in [-0.05, 0) is 43.4 Å². The van der Waals surface area contributed by atoms with E-state index in [9.17, 15) is 43.2 Å². The summed E-state index contributed by atoms with van der Waals surface area (Å²) < 4.78 is 68.7. The van der Waals surface area contributed by atoms with Crippen LogP contribution in [0.3, 0.4) is 0 Å². The van der Waals surface area contributed by atoms with Crippen molar-refractivity contribution in [1.29, 1.82) is 0 Å². The van der Waals surface area contributed by atoms with E-state index in [0.717, 1.165) is 108 Å². The second-order valence-corrected chi connectivity index (χ2v) is 32.4. The van der Waals surface area contributed by atoms with Crippen LogP contribution in [0.4, 0.5) is 0 Å². The Balaban J connectivity index is 5.22. The summed E-state index contributed by atoms with van der Waals surface area (Å²) in [5.41, 5.74) is 0. The van der Waals surface area contributed by atoms with Gasteiger partial charge in [-0.2, -0.15) is 0 Å². The first-order chi connectivity index (χ1) is 47.8. The standard InChI is InChI=1S/C80H156O17P2/c1-8-12-13-14-15-16-17-24-28-31-40-47-54-61-77(82)90-67-75(96-79(84)63-56-49-42-32-29-26-23-21-19-18-20-22-25-27-30-37-44-51-58-71(5)9-2)69-94-98(86,87)92-65-74(81)66-93-99(88,89)95-70-76(97-80(85)64-57-50-43-36-34-39-46-53-60-73(7)11-4)68-91-78(83)62-55-48-41-35-33-38-45-52-59-72(6)10-3/h71-76,81H,8-70H2,1-7H3,(H,86,87)(H,88,89)/t71?,72?,73?,74-,75-,76-/m1/s1. The molecule has 0 aliphatic heterocycles. The van der Waals surface area contributed by atoms with Crippen molar-refractivity contribution in [2.24, 2.45) is 17.8 Å². The van der Waals surface area contributed by atoms with Crippen LogP contribution in [0.5, 0.6) is 0 Å². The fourth-order valence-electron chi connectivity index (χ4n) is 12.2. The molecule has 5 unspecified atom stereocenters. The van der Waals surface area contributed by atoms with Crippen molar-refractivity contribution >= 4 is 39.5 Å². The monoisotopic (exact) mass is 1450 g/mol. The van der Waals surface area contributed by atoms with Gasteiger partial charge < -0.3 is 33.8 Å².